The first-order chi connectivity index (χ1) is 10.1. The summed E-state index contributed by atoms with van der Waals surface area (Å²) in [6, 6.07) is 8.63. The molecule has 1 aliphatic carbocycles. The second-order valence-corrected chi connectivity index (χ2v) is 7.28. The van der Waals surface area contributed by atoms with Gasteiger partial charge in [-0.1, -0.05) is 30.5 Å². The van der Waals surface area contributed by atoms with Gasteiger partial charge in [-0.2, -0.15) is 5.10 Å². The average molecular weight is 416 g/mol. The second kappa shape index (κ2) is 6.67. The molecule has 0 saturated heterocycles. The third kappa shape index (κ3) is 3.60. The van der Waals surface area contributed by atoms with Crippen molar-refractivity contribution in [2.24, 2.45) is 5.73 Å². The maximum atomic E-state index is 6.30. The fourth-order valence-electron chi connectivity index (χ4n) is 2.94. The average Bonchev–Trinajstić information content (AvgIpc) is 3.12. The van der Waals surface area contributed by atoms with Crippen molar-refractivity contribution in [2.45, 2.75) is 44.2 Å². The minimum Gasteiger partial charge on any atom is -0.324 e. The van der Waals surface area contributed by atoms with Crippen LogP contribution in [0.25, 0.3) is 0 Å². The summed E-state index contributed by atoms with van der Waals surface area (Å²) in [5.41, 5.74) is 8.42. The van der Waals surface area contributed by atoms with Crippen molar-refractivity contribution in [2.75, 3.05) is 0 Å². The first kappa shape index (κ1) is 15.3. The number of nitrogens with zero attached hydrogens (tertiary/aromatic N) is 2. The molecule has 1 unspecified atom stereocenters. The lowest BCUT2D eigenvalue weighted by molar-refractivity contribution is 0.461. The predicted octanol–water partition coefficient (Wildman–Crippen LogP) is 4.50. The number of aromatic nitrogens is 2. The lowest BCUT2D eigenvalue weighted by atomic mass is 10.0. The smallest absolute Gasteiger partial charge is 0.0643 e. The molecule has 0 spiro atoms. The lowest BCUT2D eigenvalue weighted by Crippen LogP contribution is -2.14. The van der Waals surface area contributed by atoms with Crippen LogP contribution in [0.5, 0.6) is 0 Å². The standard InChI is InChI=1S/C16H19ClIN3/c17-14-9-11(5-6-15(14)18)16(19)10-12-7-8-21(20-12)13-3-1-2-4-13/h5-9,13,16H,1-4,10,19H2. The van der Waals surface area contributed by atoms with E-state index in [1.54, 1.807) is 0 Å². The van der Waals surface area contributed by atoms with Crippen LogP contribution in [0.15, 0.2) is 30.5 Å². The van der Waals surface area contributed by atoms with Crippen molar-refractivity contribution < 1.29 is 0 Å². The molecule has 0 bridgehead atoms. The molecule has 1 atom stereocenters. The molecule has 2 N–H and O–H groups in total. The number of nitrogens with two attached hydrogens (primary N) is 1. The summed E-state index contributed by atoms with van der Waals surface area (Å²) >= 11 is 8.39. The second-order valence-electron chi connectivity index (χ2n) is 5.71. The van der Waals surface area contributed by atoms with E-state index in [0.717, 1.165) is 26.3 Å². The van der Waals surface area contributed by atoms with Crippen LogP contribution in [-0.2, 0) is 6.42 Å². The van der Waals surface area contributed by atoms with Crippen molar-refractivity contribution in [1.82, 2.24) is 9.78 Å². The van der Waals surface area contributed by atoms with Gasteiger partial charge in [-0.05, 0) is 59.2 Å². The number of rotatable bonds is 4. The molecule has 1 aromatic heterocycles. The molecule has 112 valence electrons. The summed E-state index contributed by atoms with van der Waals surface area (Å²) in [4.78, 5) is 0. The SMILES string of the molecule is NC(Cc1ccn(C2CCCC2)n1)c1ccc(I)c(Cl)c1. The third-order valence-corrected chi connectivity index (χ3v) is 5.74. The predicted molar refractivity (Wildman–Crippen MR) is 94.5 cm³/mol. The van der Waals surface area contributed by atoms with Gasteiger partial charge < -0.3 is 5.73 Å². The maximum Gasteiger partial charge on any atom is 0.0643 e. The summed E-state index contributed by atoms with van der Waals surface area (Å²) < 4.78 is 3.17. The Kier molecular flexibility index (Phi) is 4.86. The molecule has 1 aliphatic rings. The molecule has 1 saturated carbocycles. The Morgan fingerprint density at radius 3 is 2.81 bits per heavy atom. The van der Waals surface area contributed by atoms with E-state index in [1.807, 2.05) is 18.2 Å². The zero-order valence-corrected chi connectivity index (χ0v) is 14.7. The Hall–Kier alpha value is -0.590. The number of benzene rings is 1. The summed E-state index contributed by atoms with van der Waals surface area (Å²) in [5.74, 6) is 0. The molecular formula is C16H19ClIN3. The summed E-state index contributed by atoms with van der Waals surface area (Å²) in [5, 5.41) is 5.46. The topological polar surface area (TPSA) is 43.8 Å². The zero-order chi connectivity index (χ0) is 14.8. The van der Waals surface area contributed by atoms with E-state index in [2.05, 4.69) is 39.5 Å². The normalized spacial score (nSPS) is 17.3. The van der Waals surface area contributed by atoms with Crippen LogP contribution in [0, 0.1) is 3.57 Å². The first-order valence-electron chi connectivity index (χ1n) is 7.38. The quantitative estimate of drug-likeness (QED) is 0.747. The van der Waals surface area contributed by atoms with Crippen LogP contribution in [0.1, 0.15) is 49.0 Å². The van der Waals surface area contributed by atoms with E-state index < -0.39 is 0 Å². The molecule has 21 heavy (non-hydrogen) atoms. The zero-order valence-electron chi connectivity index (χ0n) is 11.8. The van der Waals surface area contributed by atoms with Gasteiger partial charge >= 0.3 is 0 Å². The van der Waals surface area contributed by atoms with E-state index in [-0.39, 0.29) is 6.04 Å². The minimum atomic E-state index is -0.0635. The van der Waals surface area contributed by atoms with Crippen LogP contribution in [0.3, 0.4) is 0 Å². The van der Waals surface area contributed by atoms with Gasteiger partial charge in [0, 0.05) is 22.2 Å². The van der Waals surface area contributed by atoms with Gasteiger partial charge in [0.1, 0.15) is 0 Å². The Morgan fingerprint density at radius 1 is 1.33 bits per heavy atom. The Balaban J connectivity index is 1.69. The van der Waals surface area contributed by atoms with Crippen LogP contribution >= 0.6 is 34.2 Å². The highest BCUT2D eigenvalue weighted by molar-refractivity contribution is 14.1. The minimum absolute atomic E-state index is 0.0635. The monoisotopic (exact) mass is 415 g/mol. The van der Waals surface area contributed by atoms with Crippen molar-refractivity contribution in [1.29, 1.82) is 0 Å². The van der Waals surface area contributed by atoms with E-state index in [4.69, 9.17) is 22.4 Å². The molecule has 1 fully saturated rings. The van der Waals surface area contributed by atoms with Gasteiger partial charge in [-0.3, -0.25) is 4.68 Å². The Bertz CT molecular complexity index is 620. The summed E-state index contributed by atoms with van der Waals surface area (Å²) in [6.45, 7) is 0. The number of hydrogen-bond donors (Lipinski definition) is 1. The largest absolute Gasteiger partial charge is 0.324 e. The van der Waals surface area contributed by atoms with Crippen molar-refractivity contribution in [3.63, 3.8) is 0 Å². The van der Waals surface area contributed by atoms with Gasteiger partial charge in [-0.15, -0.1) is 0 Å². The van der Waals surface area contributed by atoms with E-state index in [0.29, 0.717) is 6.04 Å². The Morgan fingerprint density at radius 2 is 2.10 bits per heavy atom. The lowest BCUT2D eigenvalue weighted by Gasteiger charge is -2.12. The first-order valence-corrected chi connectivity index (χ1v) is 8.84. The molecule has 0 radical (unpaired) electrons. The molecule has 2 aromatic rings. The molecule has 0 amide bonds. The summed E-state index contributed by atoms with van der Waals surface area (Å²) in [6.07, 6.45) is 7.98. The van der Waals surface area contributed by atoms with Gasteiger partial charge in [0.25, 0.3) is 0 Å². The molecule has 1 heterocycles. The van der Waals surface area contributed by atoms with Gasteiger partial charge in [-0.25, -0.2) is 0 Å². The van der Waals surface area contributed by atoms with Crippen molar-refractivity contribution in [3.05, 3.63) is 50.3 Å². The van der Waals surface area contributed by atoms with E-state index in [1.165, 1.54) is 25.7 Å². The van der Waals surface area contributed by atoms with Gasteiger partial charge in [0.2, 0.25) is 0 Å². The van der Waals surface area contributed by atoms with E-state index in [9.17, 15) is 0 Å². The molecule has 5 heteroatoms. The highest BCUT2D eigenvalue weighted by Gasteiger charge is 2.18. The molecule has 1 aromatic carbocycles. The molecule has 0 aliphatic heterocycles. The van der Waals surface area contributed by atoms with Crippen LogP contribution in [-0.4, -0.2) is 9.78 Å². The van der Waals surface area contributed by atoms with Crippen LogP contribution in [0.4, 0.5) is 0 Å². The summed E-state index contributed by atoms with van der Waals surface area (Å²) in [7, 11) is 0. The molecular weight excluding hydrogens is 397 g/mol. The molecule has 3 nitrogen and oxygen atoms in total. The Labute approximate surface area is 144 Å². The number of halogens is 2. The van der Waals surface area contributed by atoms with Crippen molar-refractivity contribution >= 4 is 34.2 Å². The van der Waals surface area contributed by atoms with Crippen molar-refractivity contribution in [3.8, 4) is 0 Å². The van der Waals surface area contributed by atoms with E-state index >= 15 is 0 Å². The van der Waals surface area contributed by atoms with Crippen LogP contribution in [0.2, 0.25) is 5.02 Å². The maximum absolute atomic E-state index is 6.30. The third-order valence-electron chi connectivity index (χ3n) is 4.16. The fourth-order valence-corrected chi connectivity index (χ4v) is 3.47. The molecule has 3 rings (SSSR count). The van der Waals surface area contributed by atoms with Gasteiger partial charge in [0.05, 0.1) is 16.8 Å². The van der Waals surface area contributed by atoms with Crippen LogP contribution < -0.4 is 5.73 Å². The highest BCUT2D eigenvalue weighted by atomic mass is 127. The number of hydrogen-bond acceptors (Lipinski definition) is 2. The highest BCUT2D eigenvalue weighted by Crippen LogP contribution is 2.29. The van der Waals surface area contributed by atoms with Gasteiger partial charge in [0.15, 0.2) is 0 Å². The fraction of sp³-hybridized carbons (Fsp3) is 0.438.